The van der Waals surface area contributed by atoms with Crippen LogP contribution in [0.4, 0.5) is 17.6 Å². The van der Waals surface area contributed by atoms with E-state index in [1.165, 1.54) is 13.0 Å². The molecule has 32 heavy (non-hydrogen) atoms. The number of rotatable bonds is 5. The number of amides is 1. The zero-order valence-electron chi connectivity index (χ0n) is 17.4. The van der Waals surface area contributed by atoms with Gasteiger partial charge in [0, 0.05) is 22.7 Å². The Kier molecular flexibility index (Phi) is 6.16. The molecule has 3 aromatic rings. The maximum Gasteiger partial charge on any atom is 0.573 e. The second kappa shape index (κ2) is 8.52. The van der Waals surface area contributed by atoms with Gasteiger partial charge in [0.25, 0.3) is 5.91 Å². The van der Waals surface area contributed by atoms with Gasteiger partial charge in [0.05, 0.1) is 11.9 Å². The molecule has 6 nitrogen and oxygen atoms in total. The molecule has 0 aliphatic carbocycles. The zero-order valence-corrected chi connectivity index (χ0v) is 17.4. The number of fused-ring (bicyclic) bond motifs is 1. The lowest BCUT2D eigenvalue weighted by atomic mass is 10.1. The number of halogens is 4. The number of nitrogens with zero attached hydrogens (tertiary/aromatic N) is 1. The fourth-order valence-electron chi connectivity index (χ4n) is 3.46. The average Bonchev–Trinajstić information content (AvgIpc) is 2.95. The van der Waals surface area contributed by atoms with Crippen molar-refractivity contribution in [3.63, 3.8) is 0 Å². The number of nitrogens with one attached hydrogen (secondary N) is 1. The van der Waals surface area contributed by atoms with Crippen LogP contribution in [0, 0.1) is 12.7 Å². The van der Waals surface area contributed by atoms with Gasteiger partial charge in [-0.2, -0.15) is 0 Å². The molecule has 3 rings (SSSR count). The minimum atomic E-state index is -4.87. The largest absolute Gasteiger partial charge is 0.573 e. The fraction of sp³-hybridized carbons (Fsp3) is 0.273. The van der Waals surface area contributed by atoms with Gasteiger partial charge < -0.3 is 15.2 Å². The summed E-state index contributed by atoms with van der Waals surface area (Å²) in [7, 11) is 0. The van der Waals surface area contributed by atoms with Gasteiger partial charge in [-0.15, -0.1) is 13.2 Å². The van der Waals surface area contributed by atoms with Crippen LogP contribution in [0.25, 0.3) is 10.9 Å². The predicted octanol–water partition coefficient (Wildman–Crippen LogP) is 4.45. The molecular weight excluding hydrogens is 432 g/mol. The Balaban J connectivity index is 2.08. The van der Waals surface area contributed by atoms with Crippen molar-refractivity contribution < 1.29 is 37.0 Å². The monoisotopic (exact) mass is 452 g/mol. The Hall–Kier alpha value is -3.56. The van der Waals surface area contributed by atoms with Crippen molar-refractivity contribution >= 4 is 22.7 Å². The summed E-state index contributed by atoms with van der Waals surface area (Å²) < 4.78 is 56.9. The number of carbonyl (C=O) groups excluding carboxylic acids is 2. The lowest BCUT2D eigenvalue weighted by molar-refractivity contribution is -0.274. The standard InChI is InChI=1S/C22H20F4N2O4/c1-11(2)27-18(30)10-15-12(3)28(16-8-9-17(29)20(23)19(15)16)21(31)13-4-6-14(7-5-13)32-22(24,25)26/h4-9,11,29H,10H2,1-3H3,(H,27,30). The lowest BCUT2D eigenvalue weighted by Gasteiger charge is -2.11. The molecule has 1 amide bonds. The molecule has 0 saturated carbocycles. The summed E-state index contributed by atoms with van der Waals surface area (Å²) in [6.07, 6.45) is -5.11. The molecule has 2 aromatic carbocycles. The second-order valence-corrected chi connectivity index (χ2v) is 7.47. The molecule has 170 valence electrons. The molecule has 0 unspecified atom stereocenters. The van der Waals surface area contributed by atoms with E-state index in [1.807, 2.05) is 0 Å². The van der Waals surface area contributed by atoms with Gasteiger partial charge >= 0.3 is 6.36 Å². The summed E-state index contributed by atoms with van der Waals surface area (Å²) in [5.41, 5.74) is 0.623. The van der Waals surface area contributed by atoms with Gasteiger partial charge in [0.2, 0.25) is 5.91 Å². The van der Waals surface area contributed by atoms with E-state index >= 15 is 0 Å². The lowest BCUT2D eigenvalue weighted by Crippen LogP contribution is -2.31. The molecule has 0 spiro atoms. The van der Waals surface area contributed by atoms with E-state index in [0.29, 0.717) is 0 Å². The van der Waals surface area contributed by atoms with Crippen LogP contribution in [0.3, 0.4) is 0 Å². The third kappa shape index (κ3) is 4.68. The highest BCUT2D eigenvalue weighted by Gasteiger charge is 2.31. The second-order valence-electron chi connectivity index (χ2n) is 7.47. The maximum atomic E-state index is 14.8. The third-order valence-corrected chi connectivity index (χ3v) is 4.74. The maximum absolute atomic E-state index is 14.8. The number of ether oxygens (including phenoxy) is 1. The molecule has 2 N–H and O–H groups in total. The summed E-state index contributed by atoms with van der Waals surface area (Å²) >= 11 is 0. The summed E-state index contributed by atoms with van der Waals surface area (Å²) in [6, 6.07) is 6.54. The average molecular weight is 452 g/mol. The molecule has 10 heteroatoms. The van der Waals surface area contributed by atoms with Gasteiger partial charge in [0.1, 0.15) is 5.75 Å². The Morgan fingerprint density at radius 2 is 1.75 bits per heavy atom. The van der Waals surface area contributed by atoms with Crippen LogP contribution in [0.15, 0.2) is 36.4 Å². The highest BCUT2D eigenvalue weighted by Crippen LogP contribution is 2.34. The first-order valence-electron chi connectivity index (χ1n) is 9.60. The van der Waals surface area contributed by atoms with Crippen molar-refractivity contribution in [1.82, 2.24) is 9.88 Å². The molecule has 0 atom stereocenters. The number of alkyl halides is 3. The Bertz CT molecular complexity index is 1180. The number of hydrogen-bond acceptors (Lipinski definition) is 4. The van der Waals surface area contributed by atoms with Crippen LogP contribution in [-0.2, 0) is 11.2 Å². The van der Waals surface area contributed by atoms with Crippen LogP contribution in [-0.4, -0.2) is 33.9 Å². The molecule has 0 saturated heterocycles. The molecule has 0 aliphatic rings. The first-order valence-corrected chi connectivity index (χ1v) is 9.60. The number of aromatic nitrogens is 1. The van der Waals surface area contributed by atoms with Gasteiger partial charge in [-0.3, -0.25) is 14.2 Å². The van der Waals surface area contributed by atoms with Gasteiger partial charge in [-0.25, -0.2) is 4.39 Å². The highest BCUT2D eigenvalue weighted by molar-refractivity contribution is 6.05. The van der Waals surface area contributed by atoms with E-state index in [0.717, 1.165) is 34.9 Å². The first kappa shape index (κ1) is 23.1. The first-order chi connectivity index (χ1) is 14.9. The fourth-order valence-corrected chi connectivity index (χ4v) is 3.46. The molecular formula is C22H20F4N2O4. The van der Waals surface area contributed by atoms with Gasteiger partial charge in [0.15, 0.2) is 11.6 Å². The van der Waals surface area contributed by atoms with Crippen LogP contribution >= 0.6 is 0 Å². The van der Waals surface area contributed by atoms with Crippen molar-refractivity contribution in [1.29, 1.82) is 0 Å². The van der Waals surface area contributed by atoms with E-state index in [1.54, 1.807) is 13.8 Å². The quantitative estimate of drug-likeness (QED) is 0.561. The topological polar surface area (TPSA) is 80.6 Å². The SMILES string of the molecule is Cc1c(CC(=O)NC(C)C)c2c(F)c(O)ccc2n1C(=O)c1ccc(OC(F)(F)F)cc1. The molecule has 0 radical (unpaired) electrons. The molecule has 0 aliphatic heterocycles. The number of phenols is 1. The number of aromatic hydroxyl groups is 1. The van der Waals surface area contributed by atoms with E-state index in [9.17, 15) is 32.3 Å². The third-order valence-electron chi connectivity index (χ3n) is 4.74. The molecule has 1 heterocycles. The van der Waals surface area contributed by atoms with E-state index < -0.39 is 35.5 Å². The Morgan fingerprint density at radius 1 is 1.12 bits per heavy atom. The van der Waals surface area contributed by atoms with E-state index in [4.69, 9.17) is 0 Å². The number of carbonyl (C=O) groups is 2. The van der Waals surface area contributed by atoms with Crippen molar-refractivity contribution in [3.8, 4) is 11.5 Å². The minimum absolute atomic E-state index is 0.0196. The van der Waals surface area contributed by atoms with Crippen LogP contribution in [0.2, 0.25) is 0 Å². The molecule has 0 bridgehead atoms. The normalized spacial score (nSPS) is 11.8. The number of benzene rings is 2. The summed E-state index contributed by atoms with van der Waals surface area (Å²) in [6.45, 7) is 5.04. The summed E-state index contributed by atoms with van der Waals surface area (Å²) in [4.78, 5) is 25.5. The minimum Gasteiger partial charge on any atom is -0.505 e. The summed E-state index contributed by atoms with van der Waals surface area (Å²) in [5, 5.41) is 12.4. The van der Waals surface area contributed by atoms with Crippen molar-refractivity contribution in [2.45, 2.75) is 39.6 Å². The van der Waals surface area contributed by atoms with Crippen LogP contribution in [0.5, 0.6) is 11.5 Å². The van der Waals surface area contributed by atoms with Crippen molar-refractivity contribution in [3.05, 3.63) is 59.0 Å². The summed E-state index contributed by atoms with van der Waals surface area (Å²) in [5.74, 6) is -3.15. The van der Waals surface area contributed by atoms with Crippen molar-refractivity contribution in [2.24, 2.45) is 0 Å². The molecule has 1 aromatic heterocycles. The van der Waals surface area contributed by atoms with Crippen LogP contribution in [0.1, 0.15) is 35.5 Å². The molecule has 0 fully saturated rings. The van der Waals surface area contributed by atoms with Crippen molar-refractivity contribution in [2.75, 3.05) is 0 Å². The zero-order chi connectivity index (χ0) is 23.8. The number of phenolic OH excluding ortho intramolecular Hbond substituents is 1. The Morgan fingerprint density at radius 3 is 2.31 bits per heavy atom. The van der Waals surface area contributed by atoms with Crippen LogP contribution < -0.4 is 10.1 Å². The smallest absolute Gasteiger partial charge is 0.505 e. The highest BCUT2D eigenvalue weighted by atomic mass is 19.4. The predicted molar refractivity (Wildman–Crippen MR) is 108 cm³/mol. The Labute approximate surface area is 180 Å². The van der Waals surface area contributed by atoms with Gasteiger partial charge in [-0.05, 0) is 62.7 Å². The van der Waals surface area contributed by atoms with Gasteiger partial charge in [-0.1, -0.05) is 0 Å². The number of hydrogen-bond donors (Lipinski definition) is 2. The van der Waals surface area contributed by atoms with E-state index in [-0.39, 0.29) is 40.2 Å². The van der Waals surface area contributed by atoms with E-state index in [2.05, 4.69) is 10.1 Å².